The maximum absolute atomic E-state index is 13.3. The van der Waals surface area contributed by atoms with Gasteiger partial charge in [-0.1, -0.05) is 6.08 Å². The largest absolute Gasteiger partial charge is 0.406 e. The summed E-state index contributed by atoms with van der Waals surface area (Å²) < 4.78 is 50.6. The molecule has 0 saturated heterocycles. The molecule has 0 aromatic heterocycles. The van der Waals surface area contributed by atoms with Crippen molar-refractivity contribution in [3.63, 3.8) is 0 Å². The number of amides is 1. The Morgan fingerprint density at radius 1 is 1.42 bits per heavy atom. The third kappa shape index (κ3) is 4.81. The predicted octanol–water partition coefficient (Wildman–Crippen LogP) is 3.62. The lowest BCUT2D eigenvalue weighted by molar-refractivity contribution is -0.139. The number of rotatable bonds is 4. The first kappa shape index (κ1) is 15.9. The smallest absolute Gasteiger partial charge is 0.326 e. The summed E-state index contributed by atoms with van der Waals surface area (Å²) in [5, 5.41) is 0. The van der Waals surface area contributed by atoms with E-state index in [1.807, 2.05) is 0 Å². The summed E-state index contributed by atoms with van der Waals surface area (Å²) >= 11 is 1.72. The van der Waals surface area contributed by atoms with Gasteiger partial charge in [0.1, 0.15) is 12.4 Å². The molecule has 2 nitrogen and oxygen atoms in total. The van der Waals surface area contributed by atoms with Gasteiger partial charge in [-0.25, -0.2) is 4.39 Å². The fourth-order valence-electron chi connectivity index (χ4n) is 1.40. The van der Waals surface area contributed by atoms with Crippen LogP contribution in [0.3, 0.4) is 0 Å². The first-order chi connectivity index (χ1) is 8.74. The Bertz CT molecular complexity index is 487. The first-order valence-corrected chi connectivity index (χ1v) is 6.24. The van der Waals surface area contributed by atoms with Gasteiger partial charge in [-0.05, 0) is 40.8 Å². The van der Waals surface area contributed by atoms with E-state index in [2.05, 4.69) is 6.58 Å². The molecule has 0 atom stereocenters. The first-order valence-electron chi connectivity index (χ1n) is 5.16. The van der Waals surface area contributed by atoms with Crippen molar-refractivity contribution in [2.24, 2.45) is 0 Å². The topological polar surface area (TPSA) is 20.3 Å². The molecule has 0 aliphatic heterocycles. The van der Waals surface area contributed by atoms with Gasteiger partial charge in [0.15, 0.2) is 0 Å². The van der Waals surface area contributed by atoms with Crippen LogP contribution in [0.2, 0.25) is 0 Å². The van der Waals surface area contributed by atoms with Crippen molar-refractivity contribution in [3.8, 4) is 0 Å². The van der Waals surface area contributed by atoms with E-state index in [0.29, 0.717) is 8.47 Å². The van der Waals surface area contributed by atoms with Crippen molar-refractivity contribution in [1.29, 1.82) is 0 Å². The number of carbonyl (C=O) groups excluding carboxylic acids is 1. The predicted molar refractivity (Wildman–Crippen MR) is 71.3 cm³/mol. The van der Waals surface area contributed by atoms with E-state index in [1.54, 1.807) is 22.6 Å². The van der Waals surface area contributed by atoms with Crippen LogP contribution in [0.5, 0.6) is 0 Å². The molecular weight excluding hydrogens is 377 g/mol. The summed E-state index contributed by atoms with van der Waals surface area (Å²) in [4.78, 5) is 12.4. The molecule has 0 spiro atoms. The van der Waals surface area contributed by atoms with Crippen LogP contribution in [0.4, 0.5) is 17.6 Å². The molecule has 1 amide bonds. The summed E-state index contributed by atoms with van der Waals surface area (Å²) in [6.07, 6.45) is -3.33. The number of halogens is 5. The quantitative estimate of drug-likeness (QED) is 0.439. The fourth-order valence-corrected chi connectivity index (χ4v) is 1.74. The zero-order chi connectivity index (χ0) is 14.6. The van der Waals surface area contributed by atoms with Gasteiger partial charge in [-0.3, -0.25) is 4.79 Å². The van der Waals surface area contributed by atoms with Crippen LogP contribution in [-0.2, 0) is 0 Å². The van der Waals surface area contributed by atoms with Gasteiger partial charge in [0.05, 0.1) is 0 Å². The van der Waals surface area contributed by atoms with Gasteiger partial charge in [0.25, 0.3) is 5.91 Å². The summed E-state index contributed by atoms with van der Waals surface area (Å²) in [5.74, 6) is -1.52. The summed E-state index contributed by atoms with van der Waals surface area (Å²) in [6.45, 7) is 1.65. The number of hydrogen-bond donors (Lipinski definition) is 0. The molecule has 1 rings (SSSR count). The van der Waals surface area contributed by atoms with E-state index in [1.165, 1.54) is 18.2 Å². The fraction of sp³-hybridized carbons (Fsp3) is 0.250. The lowest BCUT2D eigenvalue weighted by Gasteiger charge is -2.22. The minimum atomic E-state index is -4.51. The van der Waals surface area contributed by atoms with Crippen molar-refractivity contribution in [1.82, 2.24) is 4.90 Å². The second-order valence-electron chi connectivity index (χ2n) is 3.72. The summed E-state index contributed by atoms with van der Waals surface area (Å²) in [5.41, 5.74) is -0.121. The monoisotopic (exact) mass is 387 g/mol. The molecule has 104 valence electrons. The van der Waals surface area contributed by atoms with Crippen molar-refractivity contribution in [2.75, 3.05) is 13.1 Å². The van der Waals surface area contributed by atoms with E-state index in [-0.39, 0.29) is 12.1 Å². The van der Waals surface area contributed by atoms with Gasteiger partial charge in [-0.15, -0.1) is 6.58 Å². The number of alkyl halides is 3. The van der Waals surface area contributed by atoms with Crippen molar-refractivity contribution in [2.45, 2.75) is 6.18 Å². The molecule has 1 aromatic carbocycles. The third-order valence-corrected chi connectivity index (χ3v) is 3.05. The van der Waals surface area contributed by atoms with E-state index in [4.69, 9.17) is 0 Å². The van der Waals surface area contributed by atoms with Crippen molar-refractivity contribution in [3.05, 3.63) is 45.8 Å². The number of hydrogen-bond acceptors (Lipinski definition) is 1. The van der Waals surface area contributed by atoms with Gasteiger partial charge < -0.3 is 4.90 Å². The zero-order valence-electron chi connectivity index (χ0n) is 9.68. The van der Waals surface area contributed by atoms with Crippen LogP contribution in [0, 0.1) is 9.39 Å². The SMILES string of the molecule is C=CCN(CC(F)(F)F)C(=O)c1ccc(I)c(F)c1. The highest BCUT2D eigenvalue weighted by molar-refractivity contribution is 14.1. The second-order valence-corrected chi connectivity index (χ2v) is 4.88. The van der Waals surface area contributed by atoms with Crippen molar-refractivity contribution < 1.29 is 22.4 Å². The maximum Gasteiger partial charge on any atom is 0.406 e. The Morgan fingerprint density at radius 2 is 2.05 bits per heavy atom. The number of carbonyl (C=O) groups is 1. The van der Waals surface area contributed by atoms with E-state index >= 15 is 0 Å². The van der Waals surface area contributed by atoms with Crippen LogP contribution in [0.15, 0.2) is 30.9 Å². The number of benzene rings is 1. The highest BCUT2D eigenvalue weighted by Gasteiger charge is 2.32. The Morgan fingerprint density at radius 3 is 2.53 bits per heavy atom. The Kier molecular flexibility index (Phi) is 5.33. The molecule has 0 aliphatic rings. The molecule has 0 radical (unpaired) electrons. The van der Waals surface area contributed by atoms with Crippen LogP contribution in [0.25, 0.3) is 0 Å². The maximum atomic E-state index is 13.3. The molecular formula is C12H10F4INO. The molecule has 1 aromatic rings. The average molecular weight is 387 g/mol. The van der Waals surface area contributed by atoms with Gasteiger partial charge >= 0.3 is 6.18 Å². The Hall–Kier alpha value is -1.12. The normalized spacial score (nSPS) is 11.2. The molecule has 0 aliphatic carbocycles. The molecule has 0 fully saturated rings. The van der Waals surface area contributed by atoms with Crippen LogP contribution in [-0.4, -0.2) is 30.1 Å². The van der Waals surface area contributed by atoms with E-state index < -0.39 is 24.4 Å². The zero-order valence-corrected chi connectivity index (χ0v) is 11.8. The highest BCUT2D eigenvalue weighted by Crippen LogP contribution is 2.19. The summed E-state index contributed by atoms with van der Waals surface area (Å²) in [7, 11) is 0. The van der Waals surface area contributed by atoms with Gasteiger partial charge in [-0.2, -0.15) is 13.2 Å². The molecule has 0 unspecified atom stereocenters. The average Bonchev–Trinajstić information content (AvgIpc) is 2.29. The second kappa shape index (κ2) is 6.36. The molecule has 0 N–H and O–H groups in total. The number of nitrogens with zero attached hydrogens (tertiary/aromatic N) is 1. The third-order valence-electron chi connectivity index (χ3n) is 2.17. The van der Waals surface area contributed by atoms with Crippen LogP contribution in [0.1, 0.15) is 10.4 Å². The minimum Gasteiger partial charge on any atom is -0.326 e. The molecule has 19 heavy (non-hydrogen) atoms. The van der Waals surface area contributed by atoms with Crippen LogP contribution >= 0.6 is 22.6 Å². The van der Waals surface area contributed by atoms with Gasteiger partial charge in [0.2, 0.25) is 0 Å². The standard InChI is InChI=1S/C12H10F4INO/c1-2-5-18(7-12(14,15)16)11(19)8-3-4-10(17)9(13)6-8/h2-4,6H,1,5,7H2. The van der Waals surface area contributed by atoms with Crippen molar-refractivity contribution >= 4 is 28.5 Å². The highest BCUT2D eigenvalue weighted by atomic mass is 127. The Balaban J connectivity index is 2.98. The molecule has 7 heteroatoms. The van der Waals surface area contributed by atoms with E-state index in [0.717, 1.165) is 6.07 Å². The van der Waals surface area contributed by atoms with Crippen LogP contribution < -0.4 is 0 Å². The minimum absolute atomic E-state index is 0.121. The molecule has 0 saturated carbocycles. The summed E-state index contributed by atoms with van der Waals surface area (Å²) in [6, 6.07) is 3.55. The Labute approximate surface area is 121 Å². The molecule has 0 heterocycles. The van der Waals surface area contributed by atoms with E-state index in [9.17, 15) is 22.4 Å². The van der Waals surface area contributed by atoms with Gasteiger partial charge in [0, 0.05) is 15.7 Å². The molecule has 0 bridgehead atoms. The lowest BCUT2D eigenvalue weighted by atomic mass is 10.2. The lowest BCUT2D eigenvalue weighted by Crippen LogP contribution is -2.39.